The number of halogens is 2. The highest BCUT2D eigenvalue weighted by atomic mass is 35.5. The van der Waals surface area contributed by atoms with Gasteiger partial charge in [0.1, 0.15) is 5.52 Å². The summed E-state index contributed by atoms with van der Waals surface area (Å²) in [7, 11) is 0. The van der Waals surface area contributed by atoms with Gasteiger partial charge in [0.15, 0.2) is 10.8 Å². The van der Waals surface area contributed by atoms with Gasteiger partial charge >= 0.3 is 5.69 Å². The van der Waals surface area contributed by atoms with Crippen molar-refractivity contribution in [1.82, 2.24) is 19.1 Å². The molecule has 0 aliphatic carbocycles. The first kappa shape index (κ1) is 13.9. The fraction of sp³-hybridized carbons (Fsp3) is 0.583. The molecule has 6 nitrogen and oxygen atoms in total. The molecule has 2 aromatic heterocycles. The molecule has 0 amide bonds. The smallest absolute Gasteiger partial charge is 0.330 e. The van der Waals surface area contributed by atoms with Crippen molar-refractivity contribution in [3.8, 4) is 0 Å². The molecule has 108 valence electrons. The number of fused-ring (bicyclic) bond motifs is 1. The number of ether oxygens (including phenoxy) is 1. The van der Waals surface area contributed by atoms with Crippen LogP contribution in [0, 0.1) is 0 Å². The molecule has 3 rings (SSSR count). The molecule has 2 aromatic rings. The van der Waals surface area contributed by atoms with Gasteiger partial charge in [0.25, 0.3) is 0 Å². The summed E-state index contributed by atoms with van der Waals surface area (Å²) < 4.78 is 8.60. The van der Waals surface area contributed by atoms with Gasteiger partial charge in [0.2, 0.25) is 5.28 Å². The molecule has 1 fully saturated rings. The van der Waals surface area contributed by atoms with E-state index in [1.165, 1.54) is 0 Å². The van der Waals surface area contributed by atoms with E-state index in [2.05, 4.69) is 9.97 Å². The first-order chi connectivity index (χ1) is 9.50. The van der Waals surface area contributed by atoms with Gasteiger partial charge in [-0.2, -0.15) is 4.98 Å². The van der Waals surface area contributed by atoms with Crippen LogP contribution in [0.4, 0.5) is 0 Å². The molecular weight excluding hydrogens is 303 g/mol. The van der Waals surface area contributed by atoms with E-state index in [-0.39, 0.29) is 28.2 Å². The maximum Gasteiger partial charge on any atom is 0.330 e. The van der Waals surface area contributed by atoms with Crippen molar-refractivity contribution in [2.24, 2.45) is 0 Å². The fourth-order valence-electron chi connectivity index (χ4n) is 2.60. The first-order valence-corrected chi connectivity index (χ1v) is 7.19. The molecule has 1 aliphatic heterocycles. The van der Waals surface area contributed by atoms with Crippen LogP contribution in [0.2, 0.25) is 10.4 Å². The first-order valence-electron chi connectivity index (χ1n) is 6.44. The highest BCUT2D eigenvalue weighted by molar-refractivity contribution is 6.35. The third-order valence-electron chi connectivity index (χ3n) is 3.46. The number of hydrogen-bond donors (Lipinski definition) is 0. The lowest BCUT2D eigenvalue weighted by molar-refractivity contribution is 0.186. The fourth-order valence-corrected chi connectivity index (χ4v) is 3.07. The average Bonchev–Trinajstić information content (AvgIpc) is 2.94. The SMILES string of the molecule is CC(C)n1c(=O)n([C@@H]2CCOC2)c2nc(Cl)nc(Cl)c21. The van der Waals surface area contributed by atoms with Gasteiger partial charge in [-0.3, -0.25) is 9.13 Å². The van der Waals surface area contributed by atoms with Crippen LogP contribution in [-0.2, 0) is 4.74 Å². The minimum Gasteiger partial charge on any atom is -0.379 e. The Morgan fingerprint density at radius 2 is 2.10 bits per heavy atom. The summed E-state index contributed by atoms with van der Waals surface area (Å²) in [6.07, 6.45) is 0.774. The molecule has 0 radical (unpaired) electrons. The van der Waals surface area contributed by atoms with E-state index in [0.29, 0.717) is 24.4 Å². The Bertz CT molecular complexity index is 716. The Kier molecular flexibility index (Phi) is 3.48. The molecule has 1 atom stereocenters. The van der Waals surface area contributed by atoms with Crippen molar-refractivity contribution in [2.75, 3.05) is 13.2 Å². The zero-order valence-electron chi connectivity index (χ0n) is 11.1. The predicted octanol–water partition coefficient (Wildman–Crippen LogP) is 2.44. The number of hydrogen-bond acceptors (Lipinski definition) is 4. The lowest BCUT2D eigenvalue weighted by atomic mass is 10.2. The molecule has 0 saturated carbocycles. The number of nitrogens with zero attached hydrogens (tertiary/aromatic N) is 4. The Labute approximate surface area is 125 Å². The summed E-state index contributed by atoms with van der Waals surface area (Å²) >= 11 is 12.0. The van der Waals surface area contributed by atoms with Crippen LogP contribution in [0.1, 0.15) is 32.4 Å². The Hall–Kier alpha value is -1.11. The summed E-state index contributed by atoms with van der Waals surface area (Å²) in [6, 6.07) is -0.0807. The van der Waals surface area contributed by atoms with E-state index in [1.54, 1.807) is 9.13 Å². The largest absolute Gasteiger partial charge is 0.379 e. The number of imidazole rings is 1. The van der Waals surface area contributed by atoms with Crippen LogP contribution < -0.4 is 5.69 Å². The molecule has 0 bridgehead atoms. The Balaban J connectivity index is 2.39. The quantitative estimate of drug-likeness (QED) is 0.630. The second-order valence-corrected chi connectivity index (χ2v) is 5.79. The second-order valence-electron chi connectivity index (χ2n) is 5.09. The minimum absolute atomic E-state index is 0.0352. The Morgan fingerprint density at radius 1 is 1.35 bits per heavy atom. The monoisotopic (exact) mass is 316 g/mol. The van der Waals surface area contributed by atoms with Crippen LogP contribution in [0.15, 0.2) is 4.79 Å². The molecule has 20 heavy (non-hydrogen) atoms. The summed E-state index contributed by atoms with van der Waals surface area (Å²) in [5.74, 6) is 0. The van der Waals surface area contributed by atoms with Crippen LogP contribution >= 0.6 is 23.2 Å². The maximum absolute atomic E-state index is 12.7. The van der Waals surface area contributed by atoms with Crippen molar-refractivity contribution in [3.63, 3.8) is 0 Å². The molecule has 1 saturated heterocycles. The van der Waals surface area contributed by atoms with Crippen LogP contribution in [0.25, 0.3) is 11.2 Å². The van der Waals surface area contributed by atoms with Gasteiger partial charge in [-0.15, -0.1) is 0 Å². The zero-order chi connectivity index (χ0) is 14.4. The highest BCUT2D eigenvalue weighted by Gasteiger charge is 2.27. The number of aromatic nitrogens is 4. The van der Waals surface area contributed by atoms with Gasteiger partial charge in [0.05, 0.1) is 12.6 Å². The second kappa shape index (κ2) is 5.02. The van der Waals surface area contributed by atoms with Crippen molar-refractivity contribution in [2.45, 2.75) is 32.4 Å². The normalized spacial score (nSPS) is 19.4. The topological polar surface area (TPSA) is 61.9 Å². The van der Waals surface area contributed by atoms with Gasteiger partial charge in [0, 0.05) is 12.6 Å². The number of rotatable bonds is 2. The van der Waals surface area contributed by atoms with Gasteiger partial charge in [-0.25, -0.2) is 9.78 Å². The van der Waals surface area contributed by atoms with Gasteiger partial charge in [-0.1, -0.05) is 11.6 Å². The summed E-state index contributed by atoms with van der Waals surface area (Å²) in [5.41, 5.74) is 0.858. The molecule has 1 aliphatic rings. The molecule has 0 spiro atoms. The zero-order valence-corrected chi connectivity index (χ0v) is 12.6. The average molecular weight is 317 g/mol. The molecule has 8 heteroatoms. The third kappa shape index (κ3) is 2.03. The van der Waals surface area contributed by atoms with E-state index < -0.39 is 0 Å². The standard InChI is InChI=1S/C12H14Cl2N4O2/c1-6(2)17-8-9(13)15-11(14)16-10(8)18(12(17)19)7-3-4-20-5-7/h6-7H,3-5H2,1-2H3/t7-/m1/s1. The van der Waals surface area contributed by atoms with Crippen molar-refractivity contribution >= 4 is 34.4 Å². The van der Waals surface area contributed by atoms with Gasteiger partial charge < -0.3 is 4.74 Å². The lowest BCUT2D eigenvalue weighted by Gasteiger charge is -2.09. The summed E-state index contributed by atoms with van der Waals surface area (Å²) in [5, 5.41) is 0.236. The van der Waals surface area contributed by atoms with E-state index >= 15 is 0 Å². The van der Waals surface area contributed by atoms with Crippen LogP contribution in [0.3, 0.4) is 0 Å². The van der Waals surface area contributed by atoms with Gasteiger partial charge in [-0.05, 0) is 31.9 Å². The molecule has 3 heterocycles. The van der Waals surface area contributed by atoms with Crippen LogP contribution in [-0.4, -0.2) is 32.3 Å². The van der Waals surface area contributed by atoms with E-state index in [0.717, 1.165) is 6.42 Å². The minimum atomic E-state index is -0.149. The van der Waals surface area contributed by atoms with E-state index in [9.17, 15) is 4.79 Å². The highest BCUT2D eigenvalue weighted by Crippen LogP contribution is 2.28. The van der Waals surface area contributed by atoms with Crippen molar-refractivity contribution < 1.29 is 4.74 Å². The molecule has 0 aromatic carbocycles. The predicted molar refractivity (Wildman–Crippen MR) is 76.7 cm³/mol. The van der Waals surface area contributed by atoms with Crippen molar-refractivity contribution in [1.29, 1.82) is 0 Å². The summed E-state index contributed by atoms with van der Waals surface area (Å²) in [4.78, 5) is 20.8. The van der Waals surface area contributed by atoms with E-state index in [1.807, 2.05) is 13.8 Å². The molecule has 0 unspecified atom stereocenters. The third-order valence-corrected chi connectivity index (χ3v) is 3.90. The molecular formula is C12H14Cl2N4O2. The molecule has 0 N–H and O–H groups in total. The lowest BCUT2D eigenvalue weighted by Crippen LogP contribution is -2.28. The maximum atomic E-state index is 12.7. The van der Waals surface area contributed by atoms with E-state index in [4.69, 9.17) is 27.9 Å². The van der Waals surface area contributed by atoms with Crippen molar-refractivity contribution in [3.05, 3.63) is 20.9 Å². The summed E-state index contributed by atoms with van der Waals surface area (Å²) in [6.45, 7) is 4.97. The Morgan fingerprint density at radius 3 is 2.70 bits per heavy atom. The van der Waals surface area contributed by atoms with Crippen LogP contribution in [0.5, 0.6) is 0 Å².